The molecule has 2 heterocycles. The number of nitriles is 1. The number of carbonyl (C=O) groups excluding carboxylic acids is 1. The van der Waals surface area contributed by atoms with Crippen LogP contribution >= 0.6 is 0 Å². The monoisotopic (exact) mass is 364 g/mol. The van der Waals surface area contributed by atoms with Crippen LogP contribution in [0.5, 0.6) is 11.5 Å². The second kappa shape index (κ2) is 6.77. The average Bonchev–Trinajstić information content (AvgIpc) is 3.17. The number of aromatic hydroxyl groups is 2. The van der Waals surface area contributed by atoms with E-state index in [1.165, 1.54) is 18.2 Å². The van der Waals surface area contributed by atoms with Gasteiger partial charge in [-0.25, -0.2) is 0 Å². The minimum Gasteiger partial charge on any atom is -0.507 e. The summed E-state index contributed by atoms with van der Waals surface area (Å²) in [5.41, 5.74) is 6.75. The Hall–Kier alpha value is -3.92. The molecule has 27 heavy (non-hydrogen) atoms. The molecular formula is C20H16N2O5. The van der Waals surface area contributed by atoms with Gasteiger partial charge in [0, 0.05) is 5.56 Å². The topological polar surface area (TPSA) is 134 Å². The highest BCUT2D eigenvalue weighted by atomic mass is 16.3. The van der Waals surface area contributed by atoms with E-state index in [0.29, 0.717) is 33.3 Å². The summed E-state index contributed by atoms with van der Waals surface area (Å²) in [6, 6.07) is 11.3. The van der Waals surface area contributed by atoms with E-state index in [2.05, 4.69) is 0 Å². The lowest BCUT2D eigenvalue weighted by molar-refractivity contribution is 0.1000. The van der Waals surface area contributed by atoms with Gasteiger partial charge in [-0.15, -0.1) is 0 Å². The maximum absolute atomic E-state index is 10.9. The van der Waals surface area contributed by atoms with Gasteiger partial charge in [-0.3, -0.25) is 4.79 Å². The van der Waals surface area contributed by atoms with Crippen LogP contribution in [0.1, 0.15) is 27.4 Å². The summed E-state index contributed by atoms with van der Waals surface area (Å²) in [5.74, 6) is 0.910. The van der Waals surface area contributed by atoms with Gasteiger partial charge in [0.1, 0.15) is 34.2 Å². The summed E-state index contributed by atoms with van der Waals surface area (Å²) in [6.07, 6.45) is 0. The first-order valence-electron chi connectivity index (χ1n) is 7.94. The van der Waals surface area contributed by atoms with Crippen LogP contribution in [0, 0.1) is 25.2 Å². The Balaban J connectivity index is 0.000000156. The van der Waals surface area contributed by atoms with Gasteiger partial charge in [0.2, 0.25) is 5.91 Å². The Morgan fingerprint density at radius 1 is 0.926 bits per heavy atom. The fourth-order valence-corrected chi connectivity index (χ4v) is 2.70. The average molecular weight is 364 g/mol. The highest BCUT2D eigenvalue weighted by Gasteiger charge is 2.10. The summed E-state index contributed by atoms with van der Waals surface area (Å²) in [5, 5.41) is 28.9. The van der Waals surface area contributed by atoms with Crippen molar-refractivity contribution >= 4 is 27.8 Å². The number of nitrogens with zero attached hydrogens (tertiary/aromatic N) is 1. The largest absolute Gasteiger partial charge is 0.507 e. The SMILES string of the molecule is Cc1cc2c(O)cc(C#N)cc2o1.Cc1cc2c(O)cc(C(N)=O)cc2o1. The van der Waals surface area contributed by atoms with E-state index in [-0.39, 0.29) is 17.1 Å². The van der Waals surface area contributed by atoms with Gasteiger partial charge in [0.25, 0.3) is 0 Å². The van der Waals surface area contributed by atoms with E-state index in [4.69, 9.17) is 19.8 Å². The Labute approximate surface area is 153 Å². The van der Waals surface area contributed by atoms with Crippen molar-refractivity contribution in [3.05, 3.63) is 59.0 Å². The molecular weight excluding hydrogens is 348 g/mol. The van der Waals surface area contributed by atoms with Gasteiger partial charge in [-0.1, -0.05) is 0 Å². The summed E-state index contributed by atoms with van der Waals surface area (Å²) in [7, 11) is 0. The van der Waals surface area contributed by atoms with Gasteiger partial charge >= 0.3 is 0 Å². The molecule has 0 aliphatic carbocycles. The lowest BCUT2D eigenvalue weighted by Gasteiger charge is -1.97. The smallest absolute Gasteiger partial charge is 0.248 e. The van der Waals surface area contributed by atoms with Crippen LogP contribution in [0.2, 0.25) is 0 Å². The molecule has 4 aromatic rings. The molecule has 0 radical (unpaired) electrons. The zero-order valence-corrected chi connectivity index (χ0v) is 14.6. The molecule has 0 unspecified atom stereocenters. The van der Waals surface area contributed by atoms with Gasteiger partial charge in [0.05, 0.1) is 22.4 Å². The Kier molecular flexibility index (Phi) is 4.48. The van der Waals surface area contributed by atoms with Crippen molar-refractivity contribution in [2.45, 2.75) is 13.8 Å². The molecule has 7 heteroatoms. The van der Waals surface area contributed by atoms with Crippen molar-refractivity contribution in [1.82, 2.24) is 0 Å². The molecule has 2 aromatic carbocycles. The van der Waals surface area contributed by atoms with E-state index < -0.39 is 5.91 Å². The molecule has 4 N–H and O–H groups in total. The van der Waals surface area contributed by atoms with Crippen molar-refractivity contribution in [2.75, 3.05) is 0 Å². The first-order valence-corrected chi connectivity index (χ1v) is 7.94. The number of rotatable bonds is 1. The first kappa shape index (κ1) is 17.9. The molecule has 0 spiro atoms. The molecule has 1 amide bonds. The molecule has 0 fully saturated rings. The normalized spacial score (nSPS) is 10.4. The lowest BCUT2D eigenvalue weighted by Crippen LogP contribution is -2.10. The fraction of sp³-hybridized carbons (Fsp3) is 0.100. The Morgan fingerprint density at radius 3 is 1.96 bits per heavy atom. The number of furan rings is 2. The van der Waals surface area contributed by atoms with E-state index in [9.17, 15) is 15.0 Å². The number of nitrogens with two attached hydrogens (primary N) is 1. The third kappa shape index (κ3) is 3.55. The molecule has 0 bridgehead atoms. The second-order valence-electron chi connectivity index (χ2n) is 6.00. The zero-order valence-electron chi connectivity index (χ0n) is 14.6. The molecule has 136 valence electrons. The zero-order chi connectivity index (χ0) is 19.7. The predicted octanol–water partition coefficient (Wildman–Crippen LogP) is 3.86. The van der Waals surface area contributed by atoms with Crippen LogP contribution in [0.15, 0.2) is 45.2 Å². The third-order valence-electron chi connectivity index (χ3n) is 3.89. The number of amides is 1. The number of hydrogen-bond acceptors (Lipinski definition) is 6. The number of primary amides is 1. The second-order valence-corrected chi connectivity index (χ2v) is 6.00. The van der Waals surface area contributed by atoms with E-state index in [1.807, 2.05) is 6.07 Å². The standard InChI is InChI=1S/C10H9NO3.C10H7NO2/c1-5-2-7-8(12)3-6(10(11)13)4-9(7)14-5;1-6-2-8-9(12)3-7(5-11)4-10(8)13-6/h2-4,12H,1H3,(H2,11,13);2-4,12H,1H3. The number of phenolic OH excluding ortho intramolecular Hbond substituents is 2. The predicted molar refractivity (Wildman–Crippen MR) is 98.5 cm³/mol. The molecule has 2 aromatic heterocycles. The maximum atomic E-state index is 10.9. The van der Waals surface area contributed by atoms with Crippen molar-refractivity contribution in [2.24, 2.45) is 5.73 Å². The number of phenols is 2. The summed E-state index contributed by atoms with van der Waals surface area (Å²) in [6.45, 7) is 3.56. The molecule has 0 aliphatic rings. The van der Waals surface area contributed by atoms with Gasteiger partial charge < -0.3 is 24.8 Å². The van der Waals surface area contributed by atoms with E-state index in [0.717, 1.165) is 5.76 Å². The first-order chi connectivity index (χ1) is 12.8. The number of carbonyl (C=O) groups is 1. The van der Waals surface area contributed by atoms with Crippen LogP contribution in [-0.4, -0.2) is 16.1 Å². The molecule has 0 saturated heterocycles. The summed E-state index contributed by atoms with van der Waals surface area (Å²) < 4.78 is 10.6. The number of aryl methyl sites for hydroxylation is 2. The van der Waals surface area contributed by atoms with Crippen molar-refractivity contribution < 1.29 is 23.8 Å². The highest BCUT2D eigenvalue weighted by Crippen LogP contribution is 2.29. The van der Waals surface area contributed by atoms with Gasteiger partial charge in [-0.2, -0.15) is 5.26 Å². The maximum Gasteiger partial charge on any atom is 0.248 e. The fourth-order valence-electron chi connectivity index (χ4n) is 2.70. The van der Waals surface area contributed by atoms with Gasteiger partial charge in [0.15, 0.2) is 0 Å². The summed E-state index contributed by atoms with van der Waals surface area (Å²) in [4.78, 5) is 10.9. The van der Waals surface area contributed by atoms with Gasteiger partial charge in [-0.05, 0) is 50.2 Å². The van der Waals surface area contributed by atoms with E-state index in [1.54, 1.807) is 32.0 Å². The number of benzene rings is 2. The number of hydrogen-bond donors (Lipinski definition) is 3. The quantitative estimate of drug-likeness (QED) is 0.469. The highest BCUT2D eigenvalue weighted by molar-refractivity contribution is 5.98. The minimum atomic E-state index is -0.587. The van der Waals surface area contributed by atoms with Crippen molar-refractivity contribution in [3.63, 3.8) is 0 Å². The van der Waals surface area contributed by atoms with Crippen molar-refractivity contribution in [3.8, 4) is 17.6 Å². The summed E-state index contributed by atoms with van der Waals surface area (Å²) >= 11 is 0. The van der Waals surface area contributed by atoms with E-state index >= 15 is 0 Å². The third-order valence-corrected chi connectivity index (χ3v) is 3.89. The van der Waals surface area contributed by atoms with Crippen molar-refractivity contribution in [1.29, 1.82) is 5.26 Å². The lowest BCUT2D eigenvalue weighted by atomic mass is 10.1. The van der Waals surface area contributed by atoms with Crippen LogP contribution < -0.4 is 5.73 Å². The van der Waals surface area contributed by atoms with Crippen LogP contribution in [0.4, 0.5) is 0 Å². The molecule has 7 nitrogen and oxygen atoms in total. The molecule has 0 atom stereocenters. The Morgan fingerprint density at radius 2 is 1.44 bits per heavy atom. The molecule has 0 aliphatic heterocycles. The molecule has 4 rings (SSSR count). The van der Waals surface area contributed by atoms with Crippen LogP contribution in [0.25, 0.3) is 21.9 Å². The van der Waals surface area contributed by atoms with Crippen LogP contribution in [-0.2, 0) is 0 Å². The van der Waals surface area contributed by atoms with Crippen LogP contribution in [0.3, 0.4) is 0 Å². The minimum absolute atomic E-state index is 0.00755. The molecule has 0 saturated carbocycles. The number of fused-ring (bicyclic) bond motifs is 2. The Bertz CT molecular complexity index is 1210.